The number of hydrogen-bond donors (Lipinski definition) is 0. The van der Waals surface area contributed by atoms with Crippen molar-refractivity contribution in [1.82, 2.24) is 18.8 Å². The van der Waals surface area contributed by atoms with Gasteiger partial charge in [0.2, 0.25) is 0 Å². The summed E-state index contributed by atoms with van der Waals surface area (Å²) in [6.07, 6.45) is 0.982. The van der Waals surface area contributed by atoms with Gasteiger partial charge in [0.1, 0.15) is 12.1 Å². The van der Waals surface area contributed by atoms with Crippen molar-refractivity contribution in [2.75, 3.05) is 6.54 Å². The third kappa shape index (κ3) is 5.32. The summed E-state index contributed by atoms with van der Waals surface area (Å²) in [5, 5.41) is 0.501. The fourth-order valence-electron chi connectivity index (χ4n) is 4.34. The van der Waals surface area contributed by atoms with E-state index in [0.29, 0.717) is 33.8 Å². The number of carbonyl (C=O) groups excluding carboxylic acids is 2. The third-order valence-corrected chi connectivity index (χ3v) is 7.41. The summed E-state index contributed by atoms with van der Waals surface area (Å²) in [7, 11) is 0. The molecule has 0 saturated carbocycles. The largest absolute Gasteiger partial charge is 0.328 e. The van der Waals surface area contributed by atoms with E-state index in [1.165, 1.54) is 11.5 Å². The average molecular weight is 568 g/mol. The van der Waals surface area contributed by atoms with Crippen molar-refractivity contribution in [3.05, 3.63) is 92.1 Å². The van der Waals surface area contributed by atoms with Crippen LogP contribution >= 0.6 is 27.5 Å². The highest BCUT2D eigenvalue weighted by Crippen LogP contribution is 2.31. The van der Waals surface area contributed by atoms with Gasteiger partial charge in [0.25, 0.3) is 11.5 Å². The predicted molar refractivity (Wildman–Crippen MR) is 145 cm³/mol. The minimum Gasteiger partial charge on any atom is -0.328 e. The van der Waals surface area contributed by atoms with Crippen LogP contribution in [0.2, 0.25) is 0 Å². The van der Waals surface area contributed by atoms with Gasteiger partial charge in [0.05, 0.1) is 23.7 Å². The van der Waals surface area contributed by atoms with E-state index < -0.39 is 6.04 Å². The zero-order valence-corrected chi connectivity index (χ0v) is 22.8. The van der Waals surface area contributed by atoms with E-state index in [2.05, 4.69) is 20.3 Å². The Morgan fingerprint density at radius 1 is 1.14 bits per heavy atom. The van der Waals surface area contributed by atoms with E-state index in [9.17, 15) is 14.4 Å². The van der Waals surface area contributed by atoms with Gasteiger partial charge in [-0.3, -0.25) is 14.2 Å². The molecule has 4 aromatic rings. The lowest BCUT2D eigenvalue weighted by Crippen LogP contribution is -2.42. The second-order valence-corrected chi connectivity index (χ2v) is 10.6. The summed E-state index contributed by atoms with van der Waals surface area (Å²) in [4.78, 5) is 46.1. The van der Waals surface area contributed by atoms with E-state index in [1.54, 1.807) is 21.6 Å². The summed E-state index contributed by atoms with van der Waals surface area (Å²) in [5.74, 6) is 0.187. The molecule has 0 aliphatic rings. The van der Waals surface area contributed by atoms with Crippen LogP contribution in [-0.4, -0.2) is 37.6 Å². The number of fused-ring (bicyclic) bond motifs is 1. The fourth-order valence-corrected chi connectivity index (χ4v) is 5.38. The van der Waals surface area contributed by atoms with Crippen LogP contribution < -0.4 is 5.56 Å². The molecule has 1 atom stereocenters. The topological polar surface area (TPSA) is 85.2 Å². The number of aromatic nitrogens is 3. The number of carbonyl (C=O) groups is 2. The van der Waals surface area contributed by atoms with Crippen molar-refractivity contribution in [2.45, 2.75) is 39.8 Å². The van der Waals surface area contributed by atoms with E-state index in [1.807, 2.05) is 63.2 Å². The number of aldehydes is 1. The number of benzene rings is 2. The number of hydrogen-bond acceptors (Lipinski definition) is 6. The van der Waals surface area contributed by atoms with Gasteiger partial charge in [-0.2, -0.15) is 4.37 Å². The second-order valence-electron chi connectivity index (χ2n) is 8.94. The van der Waals surface area contributed by atoms with Crippen molar-refractivity contribution in [3.63, 3.8) is 0 Å². The zero-order valence-electron chi connectivity index (χ0n) is 20.3. The molecule has 0 saturated heterocycles. The van der Waals surface area contributed by atoms with E-state index in [-0.39, 0.29) is 30.3 Å². The van der Waals surface area contributed by atoms with Crippen LogP contribution in [-0.2, 0) is 11.3 Å². The van der Waals surface area contributed by atoms with Gasteiger partial charge in [-0.25, -0.2) is 4.98 Å². The third-order valence-electron chi connectivity index (χ3n) is 6.05. The van der Waals surface area contributed by atoms with Crippen molar-refractivity contribution < 1.29 is 9.59 Å². The lowest BCUT2D eigenvalue weighted by molar-refractivity contribution is -0.108. The molecule has 0 bridgehead atoms. The minimum atomic E-state index is -0.538. The van der Waals surface area contributed by atoms with Crippen molar-refractivity contribution >= 4 is 49.9 Å². The van der Waals surface area contributed by atoms with Gasteiger partial charge >= 0.3 is 0 Å². The number of rotatable bonds is 9. The van der Waals surface area contributed by atoms with Crippen molar-refractivity contribution in [1.29, 1.82) is 0 Å². The smallest absolute Gasteiger partial charge is 0.264 e. The predicted octanol–water partition coefficient (Wildman–Crippen LogP) is 5.40. The molecule has 1 amide bonds. The maximum absolute atomic E-state index is 13.8. The Balaban J connectivity index is 1.91. The molecule has 7 nitrogen and oxygen atoms in total. The molecular formula is C27H27BrN4O3S. The van der Waals surface area contributed by atoms with Crippen LogP contribution in [0.25, 0.3) is 10.2 Å². The minimum absolute atomic E-state index is 0.0866. The molecule has 1 unspecified atom stereocenters. The Kier molecular flexibility index (Phi) is 8.11. The Morgan fingerprint density at radius 3 is 2.47 bits per heavy atom. The molecule has 2 aromatic carbocycles. The molecule has 2 aromatic heterocycles. The zero-order chi connectivity index (χ0) is 25.8. The van der Waals surface area contributed by atoms with E-state index >= 15 is 0 Å². The number of aryl methyl sites for hydroxylation is 1. The van der Waals surface area contributed by atoms with Gasteiger partial charge in [0, 0.05) is 23.0 Å². The van der Waals surface area contributed by atoms with Crippen molar-refractivity contribution in [2.24, 2.45) is 5.92 Å². The average Bonchev–Trinajstić information content (AvgIpc) is 3.24. The molecule has 0 spiro atoms. The first-order valence-corrected chi connectivity index (χ1v) is 13.3. The lowest BCUT2D eigenvalue weighted by Gasteiger charge is -2.35. The summed E-state index contributed by atoms with van der Waals surface area (Å²) in [6.45, 7) is 6.32. The van der Waals surface area contributed by atoms with Crippen LogP contribution in [0, 0.1) is 12.8 Å². The summed E-state index contributed by atoms with van der Waals surface area (Å²) < 4.78 is 6.89. The fraction of sp³-hybridized carbons (Fsp3) is 0.296. The van der Waals surface area contributed by atoms with Gasteiger partial charge < -0.3 is 9.69 Å². The number of amides is 1. The first-order valence-electron chi connectivity index (χ1n) is 11.7. The first-order chi connectivity index (χ1) is 17.3. The maximum atomic E-state index is 13.8. The van der Waals surface area contributed by atoms with E-state index in [0.717, 1.165) is 16.3 Å². The molecule has 0 aliphatic carbocycles. The van der Waals surface area contributed by atoms with Gasteiger partial charge in [-0.1, -0.05) is 60.1 Å². The number of halogens is 1. The monoisotopic (exact) mass is 566 g/mol. The van der Waals surface area contributed by atoms with E-state index in [4.69, 9.17) is 4.98 Å². The summed E-state index contributed by atoms with van der Waals surface area (Å²) in [6, 6.07) is 16.3. The highest BCUT2D eigenvalue weighted by molar-refractivity contribution is 9.10. The Labute approximate surface area is 222 Å². The molecule has 0 radical (unpaired) electrons. The molecule has 186 valence electrons. The number of nitrogens with zero attached hydrogens (tertiary/aromatic N) is 4. The standard InChI is InChI=1S/C27H27BrN4O3S/c1-17(2)23(31(14-7-15-33)26(34)20-10-12-21(28)13-11-20)24-29-25-22(18(3)30-36-25)27(35)32(24)16-19-8-5-4-6-9-19/h4-6,8-13,15,17,23H,7,14,16H2,1-3H3. The van der Waals surface area contributed by atoms with Crippen LogP contribution in [0.1, 0.15) is 53.7 Å². The molecule has 2 heterocycles. The van der Waals surface area contributed by atoms with Crippen LogP contribution in [0.4, 0.5) is 0 Å². The molecule has 36 heavy (non-hydrogen) atoms. The molecule has 0 fully saturated rings. The molecule has 0 aliphatic heterocycles. The van der Waals surface area contributed by atoms with Gasteiger partial charge in [0.15, 0.2) is 4.83 Å². The quantitative estimate of drug-likeness (QED) is 0.253. The van der Waals surface area contributed by atoms with Gasteiger partial charge in [-0.15, -0.1) is 0 Å². The van der Waals surface area contributed by atoms with Crippen LogP contribution in [0.15, 0.2) is 63.9 Å². The molecule has 4 rings (SSSR count). The summed E-state index contributed by atoms with van der Waals surface area (Å²) in [5.41, 5.74) is 1.92. The van der Waals surface area contributed by atoms with Crippen LogP contribution in [0.5, 0.6) is 0 Å². The Hall–Kier alpha value is -3.17. The van der Waals surface area contributed by atoms with Crippen molar-refractivity contribution in [3.8, 4) is 0 Å². The Bertz CT molecular complexity index is 1430. The van der Waals surface area contributed by atoms with Crippen LogP contribution in [0.3, 0.4) is 0 Å². The molecule has 9 heteroatoms. The highest BCUT2D eigenvalue weighted by Gasteiger charge is 2.33. The second kappa shape index (κ2) is 11.3. The SMILES string of the molecule is Cc1nsc2nc(C(C(C)C)N(CCC=O)C(=O)c3ccc(Br)cc3)n(Cc3ccccc3)c(=O)c12. The first kappa shape index (κ1) is 25.9. The molecular weight excluding hydrogens is 540 g/mol. The summed E-state index contributed by atoms with van der Waals surface area (Å²) >= 11 is 4.60. The normalized spacial score (nSPS) is 12.1. The Morgan fingerprint density at radius 2 is 1.83 bits per heavy atom. The van der Waals surface area contributed by atoms with Gasteiger partial charge in [-0.05, 0) is 54.2 Å². The lowest BCUT2D eigenvalue weighted by atomic mass is 9.99. The maximum Gasteiger partial charge on any atom is 0.264 e. The highest BCUT2D eigenvalue weighted by atomic mass is 79.9. The molecule has 0 N–H and O–H groups in total.